The number of nitrogens with one attached hydrogen (secondary N) is 1. The minimum Gasteiger partial charge on any atom is -0.384 e. The topological polar surface area (TPSA) is 116 Å². The van der Waals surface area contributed by atoms with Crippen molar-refractivity contribution >= 4 is 23.4 Å². The molecule has 0 bridgehead atoms. The monoisotopic (exact) mass is 427 g/mol. The van der Waals surface area contributed by atoms with E-state index in [0.29, 0.717) is 11.7 Å². The van der Waals surface area contributed by atoms with E-state index in [4.69, 9.17) is 5.73 Å². The van der Waals surface area contributed by atoms with Crippen LogP contribution in [-0.4, -0.2) is 30.6 Å². The quantitative estimate of drug-likeness (QED) is 0.442. The molecular formula is C21H25N5O3S. The number of benzene rings is 1. The number of nitrogen functional groups attached to an aromatic ring is 1. The van der Waals surface area contributed by atoms with Gasteiger partial charge in [-0.2, -0.15) is 0 Å². The van der Waals surface area contributed by atoms with E-state index in [1.54, 1.807) is 6.20 Å². The molecule has 0 spiro atoms. The lowest BCUT2D eigenvalue weighted by atomic mass is 10.1. The van der Waals surface area contributed by atoms with Crippen LogP contribution in [0.4, 0.5) is 5.82 Å². The van der Waals surface area contributed by atoms with E-state index in [9.17, 15) is 14.4 Å². The third-order valence-electron chi connectivity index (χ3n) is 4.62. The number of Topliss-reactive ketones (excluding diaryl/α,β-unsaturated/α-hetero) is 1. The third-order valence-corrected chi connectivity index (χ3v) is 5.58. The summed E-state index contributed by atoms with van der Waals surface area (Å²) >= 11 is 1.21. The summed E-state index contributed by atoms with van der Waals surface area (Å²) in [6.07, 6.45) is 3.49. The van der Waals surface area contributed by atoms with Crippen LogP contribution in [0.2, 0.25) is 0 Å². The van der Waals surface area contributed by atoms with Crippen LogP contribution >= 0.6 is 11.8 Å². The number of carbonyl (C=O) groups excluding carboxylic acids is 1. The van der Waals surface area contributed by atoms with Crippen molar-refractivity contribution in [2.75, 3.05) is 11.5 Å². The van der Waals surface area contributed by atoms with Gasteiger partial charge in [0.15, 0.2) is 10.9 Å². The number of thioether (sulfide) groups is 1. The smallest absolute Gasteiger partial charge is 0.329 e. The second kappa shape index (κ2) is 8.74. The van der Waals surface area contributed by atoms with Crippen LogP contribution in [0.15, 0.2) is 45.3 Å². The van der Waals surface area contributed by atoms with Crippen LogP contribution in [0.3, 0.4) is 0 Å². The van der Waals surface area contributed by atoms with Gasteiger partial charge in [0.05, 0.1) is 11.4 Å². The first-order chi connectivity index (χ1) is 14.2. The molecule has 0 fully saturated rings. The average molecular weight is 428 g/mol. The highest BCUT2D eigenvalue weighted by molar-refractivity contribution is 7.99. The zero-order valence-corrected chi connectivity index (χ0v) is 18.2. The number of aryl methyl sites for hydroxylation is 2. The molecule has 0 saturated carbocycles. The Labute approximate surface area is 178 Å². The molecule has 0 radical (unpaired) electrons. The highest BCUT2D eigenvalue weighted by Crippen LogP contribution is 2.24. The molecule has 3 rings (SSSR count). The molecular weight excluding hydrogens is 402 g/mol. The van der Waals surface area contributed by atoms with Crippen molar-refractivity contribution in [3.63, 3.8) is 0 Å². The Morgan fingerprint density at radius 2 is 2.00 bits per heavy atom. The number of aromatic nitrogens is 4. The van der Waals surface area contributed by atoms with Crippen LogP contribution < -0.4 is 17.0 Å². The number of rotatable bonds is 7. The largest absolute Gasteiger partial charge is 0.384 e. The van der Waals surface area contributed by atoms with Gasteiger partial charge in [0.25, 0.3) is 5.56 Å². The minimum atomic E-state index is -0.763. The van der Waals surface area contributed by atoms with Gasteiger partial charge in [0.1, 0.15) is 11.4 Å². The molecule has 8 nitrogen and oxygen atoms in total. The molecule has 9 heteroatoms. The van der Waals surface area contributed by atoms with E-state index in [2.05, 4.69) is 16.0 Å². The van der Waals surface area contributed by atoms with Gasteiger partial charge in [-0.25, -0.2) is 9.78 Å². The van der Waals surface area contributed by atoms with E-state index in [-0.39, 0.29) is 23.1 Å². The van der Waals surface area contributed by atoms with Crippen molar-refractivity contribution < 1.29 is 4.79 Å². The molecule has 0 unspecified atom stereocenters. The highest BCUT2D eigenvalue weighted by atomic mass is 32.2. The second-order valence-corrected chi connectivity index (χ2v) is 8.55. The molecule has 30 heavy (non-hydrogen) atoms. The van der Waals surface area contributed by atoms with Gasteiger partial charge in [-0.05, 0) is 31.4 Å². The van der Waals surface area contributed by atoms with Crippen LogP contribution in [-0.2, 0) is 6.54 Å². The summed E-state index contributed by atoms with van der Waals surface area (Å²) in [5, 5.41) is 0.626. The van der Waals surface area contributed by atoms with E-state index in [1.807, 2.05) is 50.6 Å². The average Bonchev–Trinajstić information content (AvgIpc) is 3.11. The number of aromatic amines is 1. The van der Waals surface area contributed by atoms with Crippen molar-refractivity contribution in [3.05, 3.63) is 68.1 Å². The molecule has 0 atom stereocenters. The van der Waals surface area contributed by atoms with Gasteiger partial charge in [-0.1, -0.05) is 43.3 Å². The number of hydrogen-bond donors (Lipinski definition) is 2. The summed E-state index contributed by atoms with van der Waals surface area (Å²) < 4.78 is 3.14. The fourth-order valence-corrected chi connectivity index (χ4v) is 4.10. The molecule has 0 aliphatic heterocycles. The maximum atomic E-state index is 12.8. The van der Waals surface area contributed by atoms with E-state index >= 15 is 0 Å². The molecule has 0 aliphatic rings. The lowest BCUT2D eigenvalue weighted by Crippen LogP contribution is -2.37. The van der Waals surface area contributed by atoms with Crippen LogP contribution in [0.5, 0.6) is 0 Å². The SMILES string of the molecule is Cc1ccc(-n2ccnc2SCC(=O)c2c(N)n(CC(C)C)c(=O)[nH]c2=O)c(C)c1. The lowest BCUT2D eigenvalue weighted by Gasteiger charge is -2.14. The first kappa shape index (κ1) is 21.6. The number of imidazole rings is 1. The van der Waals surface area contributed by atoms with Crippen molar-refractivity contribution in [2.24, 2.45) is 5.92 Å². The zero-order valence-electron chi connectivity index (χ0n) is 17.4. The summed E-state index contributed by atoms with van der Waals surface area (Å²) in [6, 6.07) is 6.09. The summed E-state index contributed by atoms with van der Waals surface area (Å²) in [5.74, 6) is -0.458. The highest BCUT2D eigenvalue weighted by Gasteiger charge is 2.21. The standard InChI is InChI=1S/C21H25N5O3S/c1-12(2)10-26-18(22)17(19(28)24-20(26)29)16(27)11-30-21-23-7-8-25(21)15-6-5-13(3)9-14(15)4/h5-9,12H,10-11,22H2,1-4H3,(H,24,28,29). The first-order valence-electron chi connectivity index (χ1n) is 9.58. The van der Waals surface area contributed by atoms with Crippen molar-refractivity contribution in [3.8, 4) is 5.69 Å². The summed E-state index contributed by atoms with van der Waals surface area (Å²) in [6.45, 7) is 8.19. The number of hydrogen-bond acceptors (Lipinski definition) is 6. The molecule has 0 amide bonds. The van der Waals surface area contributed by atoms with Gasteiger partial charge in [0, 0.05) is 18.9 Å². The molecule has 2 aromatic heterocycles. The van der Waals surface area contributed by atoms with Crippen LogP contribution in [0.25, 0.3) is 5.69 Å². The molecule has 3 N–H and O–H groups in total. The number of carbonyl (C=O) groups is 1. The van der Waals surface area contributed by atoms with Gasteiger partial charge in [-0.3, -0.25) is 23.7 Å². The Balaban J connectivity index is 1.87. The fraction of sp³-hybridized carbons (Fsp3) is 0.333. The van der Waals surface area contributed by atoms with Crippen molar-refractivity contribution in [1.82, 2.24) is 19.1 Å². The molecule has 2 heterocycles. The number of nitrogens with two attached hydrogens (primary N) is 1. The van der Waals surface area contributed by atoms with E-state index in [0.717, 1.165) is 16.8 Å². The van der Waals surface area contributed by atoms with E-state index in [1.165, 1.54) is 16.3 Å². The molecule has 3 aromatic rings. The first-order valence-corrected chi connectivity index (χ1v) is 10.6. The van der Waals surface area contributed by atoms with Crippen LogP contribution in [0.1, 0.15) is 35.3 Å². The molecule has 0 saturated heterocycles. The third kappa shape index (κ3) is 4.40. The van der Waals surface area contributed by atoms with Crippen molar-refractivity contribution in [2.45, 2.75) is 39.4 Å². The zero-order chi connectivity index (χ0) is 22.0. The maximum absolute atomic E-state index is 12.8. The summed E-state index contributed by atoms with van der Waals surface area (Å²) in [5.41, 5.74) is 7.68. The van der Waals surface area contributed by atoms with Gasteiger partial charge >= 0.3 is 5.69 Å². The van der Waals surface area contributed by atoms with E-state index < -0.39 is 17.0 Å². The summed E-state index contributed by atoms with van der Waals surface area (Å²) in [7, 11) is 0. The Morgan fingerprint density at radius 1 is 1.27 bits per heavy atom. The Morgan fingerprint density at radius 3 is 2.67 bits per heavy atom. The Bertz CT molecular complexity index is 1210. The van der Waals surface area contributed by atoms with Gasteiger partial charge in [0.2, 0.25) is 0 Å². The second-order valence-electron chi connectivity index (χ2n) is 7.61. The predicted molar refractivity (Wildman–Crippen MR) is 119 cm³/mol. The predicted octanol–water partition coefficient (Wildman–Crippen LogP) is 2.55. The van der Waals surface area contributed by atoms with Gasteiger partial charge in [-0.15, -0.1) is 0 Å². The number of anilines is 1. The van der Waals surface area contributed by atoms with Gasteiger partial charge < -0.3 is 5.73 Å². The lowest BCUT2D eigenvalue weighted by molar-refractivity contribution is 0.102. The maximum Gasteiger partial charge on any atom is 0.329 e. The fourth-order valence-electron chi connectivity index (χ4n) is 3.26. The minimum absolute atomic E-state index is 0.0327. The van der Waals surface area contributed by atoms with Crippen molar-refractivity contribution in [1.29, 1.82) is 0 Å². The number of ketones is 1. The Kier molecular flexibility index (Phi) is 6.31. The molecule has 1 aromatic carbocycles. The summed E-state index contributed by atoms with van der Waals surface area (Å²) in [4.78, 5) is 43.7. The number of nitrogens with zero attached hydrogens (tertiary/aromatic N) is 3. The molecule has 0 aliphatic carbocycles. The molecule has 158 valence electrons. The Hall–Kier alpha value is -3.07. The van der Waals surface area contributed by atoms with Crippen LogP contribution in [0, 0.1) is 19.8 Å². The number of H-pyrrole nitrogens is 1. The normalized spacial score (nSPS) is 11.2.